The van der Waals surface area contributed by atoms with Gasteiger partial charge >= 0.3 is 0 Å². The van der Waals surface area contributed by atoms with Crippen molar-refractivity contribution in [3.8, 4) is 0 Å². The first-order valence-electron chi connectivity index (χ1n) is 11.0. The molecule has 0 aliphatic heterocycles. The van der Waals surface area contributed by atoms with Gasteiger partial charge in [0, 0.05) is 23.9 Å². The molecule has 0 heterocycles. The molecule has 160 valence electrons. The van der Waals surface area contributed by atoms with Crippen LogP contribution in [0.15, 0.2) is 91.8 Å². The predicted molar refractivity (Wildman–Crippen MR) is 131 cm³/mol. The maximum Gasteiger partial charge on any atom is 0.0673 e. The molecule has 0 amide bonds. The van der Waals surface area contributed by atoms with Crippen LogP contribution in [0.2, 0.25) is 0 Å². The summed E-state index contributed by atoms with van der Waals surface area (Å²) in [6.45, 7) is 19.1. The van der Waals surface area contributed by atoms with Crippen LogP contribution in [0, 0.1) is 12.8 Å². The third-order valence-electron chi connectivity index (χ3n) is 5.37. The largest absolute Gasteiger partial charge is 0.384 e. The molecule has 2 N–H and O–H groups in total. The number of hydrogen-bond acceptors (Lipinski definition) is 2. The van der Waals surface area contributed by atoms with Gasteiger partial charge in [-0.3, -0.25) is 0 Å². The number of nitrogens with one attached hydrogen (secondary N) is 2. The van der Waals surface area contributed by atoms with E-state index in [1.165, 1.54) is 16.7 Å². The molecular formula is C28H38N2. The lowest BCUT2D eigenvalue weighted by atomic mass is 9.97. The van der Waals surface area contributed by atoms with E-state index in [2.05, 4.69) is 106 Å². The maximum absolute atomic E-state index is 4.40. The van der Waals surface area contributed by atoms with Gasteiger partial charge in [0.1, 0.15) is 0 Å². The van der Waals surface area contributed by atoms with Crippen molar-refractivity contribution >= 4 is 0 Å². The Morgan fingerprint density at radius 1 is 0.933 bits per heavy atom. The molecule has 30 heavy (non-hydrogen) atoms. The van der Waals surface area contributed by atoms with Crippen LogP contribution in [-0.2, 0) is 12.8 Å². The second kappa shape index (κ2) is 12.1. The van der Waals surface area contributed by atoms with Gasteiger partial charge < -0.3 is 10.6 Å². The van der Waals surface area contributed by atoms with E-state index in [4.69, 9.17) is 0 Å². The molecule has 0 spiro atoms. The summed E-state index contributed by atoms with van der Waals surface area (Å²) in [4.78, 5) is 0. The zero-order valence-electron chi connectivity index (χ0n) is 19.0. The Balaban J connectivity index is 2.01. The molecule has 0 saturated heterocycles. The summed E-state index contributed by atoms with van der Waals surface area (Å²) >= 11 is 0. The van der Waals surface area contributed by atoms with E-state index in [0.29, 0.717) is 12.0 Å². The summed E-state index contributed by atoms with van der Waals surface area (Å²) < 4.78 is 0. The van der Waals surface area contributed by atoms with Crippen LogP contribution in [0.1, 0.15) is 43.4 Å². The minimum Gasteiger partial charge on any atom is -0.384 e. The monoisotopic (exact) mass is 402 g/mol. The van der Waals surface area contributed by atoms with E-state index < -0.39 is 0 Å². The fourth-order valence-corrected chi connectivity index (χ4v) is 3.67. The number of rotatable bonds is 13. The van der Waals surface area contributed by atoms with E-state index in [1.54, 1.807) is 0 Å². The van der Waals surface area contributed by atoms with Crippen molar-refractivity contribution in [3.63, 3.8) is 0 Å². The normalized spacial score (nSPS) is 12.8. The minimum atomic E-state index is 0.130. The van der Waals surface area contributed by atoms with Gasteiger partial charge in [-0.05, 0) is 43.2 Å². The summed E-state index contributed by atoms with van der Waals surface area (Å²) in [6, 6.07) is 19.7. The van der Waals surface area contributed by atoms with Gasteiger partial charge in [0.15, 0.2) is 0 Å². The summed E-state index contributed by atoms with van der Waals surface area (Å²) in [7, 11) is 0. The molecule has 0 fully saturated rings. The molecule has 2 atom stereocenters. The first kappa shape index (κ1) is 23.5. The van der Waals surface area contributed by atoms with Crippen LogP contribution in [0.25, 0.3) is 0 Å². The Kier molecular flexibility index (Phi) is 9.47. The minimum absolute atomic E-state index is 0.130. The zero-order valence-corrected chi connectivity index (χ0v) is 19.0. The van der Waals surface area contributed by atoms with Gasteiger partial charge in [0.25, 0.3) is 0 Å². The maximum atomic E-state index is 4.40. The first-order chi connectivity index (χ1) is 14.4. The van der Waals surface area contributed by atoms with E-state index >= 15 is 0 Å². The third kappa shape index (κ3) is 7.94. The Labute approximate surface area is 183 Å². The third-order valence-corrected chi connectivity index (χ3v) is 5.37. The zero-order chi connectivity index (χ0) is 21.9. The first-order valence-corrected chi connectivity index (χ1v) is 11.0. The lowest BCUT2D eigenvalue weighted by Gasteiger charge is -2.31. The van der Waals surface area contributed by atoms with Crippen molar-refractivity contribution in [1.82, 2.24) is 10.6 Å². The van der Waals surface area contributed by atoms with Gasteiger partial charge in [-0.1, -0.05) is 93.2 Å². The van der Waals surface area contributed by atoms with Gasteiger partial charge in [-0.15, -0.1) is 6.58 Å². The van der Waals surface area contributed by atoms with Gasteiger partial charge in [0.2, 0.25) is 0 Å². The molecule has 2 nitrogen and oxygen atoms in total. The number of allylic oxidation sites excluding steroid dienone is 2. The molecule has 0 aliphatic rings. The highest BCUT2D eigenvalue weighted by Crippen LogP contribution is 2.16. The highest BCUT2D eigenvalue weighted by atomic mass is 15.0. The summed E-state index contributed by atoms with van der Waals surface area (Å²) in [6.07, 6.45) is 5.80. The number of aryl methyl sites for hydroxylation is 1. The van der Waals surface area contributed by atoms with Crippen molar-refractivity contribution in [2.45, 2.75) is 58.5 Å². The molecular weight excluding hydrogens is 364 g/mol. The van der Waals surface area contributed by atoms with Crippen molar-refractivity contribution < 1.29 is 0 Å². The topological polar surface area (TPSA) is 24.1 Å². The molecule has 2 rings (SSSR count). The smallest absolute Gasteiger partial charge is 0.0673 e. The molecule has 0 saturated carbocycles. The fraction of sp³-hybridized carbons (Fsp3) is 0.357. The molecule has 0 aliphatic carbocycles. The average molecular weight is 403 g/mol. The summed E-state index contributed by atoms with van der Waals surface area (Å²) in [5.74, 6) is 0.400. The molecule has 2 heteroatoms. The lowest BCUT2D eigenvalue weighted by molar-refractivity contribution is 0.424. The highest BCUT2D eigenvalue weighted by molar-refractivity contribution is 5.25. The van der Waals surface area contributed by atoms with Crippen molar-refractivity contribution in [2.24, 2.45) is 5.92 Å². The molecule has 0 aromatic heterocycles. The Bertz CT molecular complexity index is 802. The standard InChI is InChI=1S/C28H38N2/c1-7-8-14-27(20-25-12-10-9-11-13-25)30-24(6)28(21(2)3)29-23(5)19-26-17-15-22(4)16-18-26/h7,9-13,15-18,21,27-30H,1,5-6,8,14,19-20H2,2-4H3. The van der Waals surface area contributed by atoms with E-state index in [1.807, 2.05) is 6.08 Å². The van der Waals surface area contributed by atoms with Crippen molar-refractivity contribution in [2.75, 3.05) is 0 Å². The molecule has 2 aromatic carbocycles. The van der Waals surface area contributed by atoms with Crippen molar-refractivity contribution in [3.05, 3.63) is 108 Å². The SMILES string of the molecule is C=CCCC(Cc1ccccc1)NC(=C)C(NC(=C)Cc1ccc(C)cc1)C(C)C. The number of benzene rings is 2. The Morgan fingerprint density at radius 2 is 1.60 bits per heavy atom. The van der Waals surface area contributed by atoms with Gasteiger partial charge in [0.05, 0.1) is 6.04 Å². The van der Waals surface area contributed by atoms with E-state index in [0.717, 1.165) is 37.1 Å². The fourth-order valence-electron chi connectivity index (χ4n) is 3.67. The Hall–Kier alpha value is -2.74. The number of hydrogen-bond donors (Lipinski definition) is 2. The van der Waals surface area contributed by atoms with Crippen LogP contribution < -0.4 is 10.6 Å². The van der Waals surface area contributed by atoms with Gasteiger partial charge in [-0.25, -0.2) is 0 Å². The lowest BCUT2D eigenvalue weighted by Crippen LogP contribution is -2.43. The van der Waals surface area contributed by atoms with Crippen LogP contribution in [0.5, 0.6) is 0 Å². The quantitative estimate of drug-likeness (QED) is 0.382. The predicted octanol–water partition coefficient (Wildman–Crippen LogP) is 6.35. The van der Waals surface area contributed by atoms with Crippen LogP contribution in [-0.4, -0.2) is 12.1 Å². The average Bonchev–Trinajstić information content (AvgIpc) is 2.72. The summed E-state index contributed by atoms with van der Waals surface area (Å²) in [5.41, 5.74) is 5.93. The van der Waals surface area contributed by atoms with E-state index in [-0.39, 0.29) is 6.04 Å². The van der Waals surface area contributed by atoms with Crippen molar-refractivity contribution in [1.29, 1.82) is 0 Å². The molecule has 2 aromatic rings. The summed E-state index contributed by atoms with van der Waals surface area (Å²) in [5, 5.41) is 7.34. The van der Waals surface area contributed by atoms with Crippen LogP contribution in [0.4, 0.5) is 0 Å². The Morgan fingerprint density at radius 3 is 2.20 bits per heavy atom. The second-order valence-electron chi connectivity index (χ2n) is 8.55. The van der Waals surface area contributed by atoms with Crippen LogP contribution >= 0.6 is 0 Å². The van der Waals surface area contributed by atoms with Gasteiger partial charge in [-0.2, -0.15) is 0 Å². The highest BCUT2D eigenvalue weighted by Gasteiger charge is 2.20. The molecule has 0 bridgehead atoms. The van der Waals surface area contributed by atoms with Crippen LogP contribution in [0.3, 0.4) is 0 Å². The van der Waals surface area contributed by atoms with E-state index in [9.17, 15) is 0 Å². The molecule has 0 radical (unpaired) electrons. The molecule has 2 unspecified atom stereocenters. The second-order valence-corrected chi connectivity index (χ2v) is 8.55.